The third-order valence-electron chi connectivity index (χ3n) is 9.74. The average molecular weight is 902 g/mol. The molecule has 7 amide bonds. The summed E-state index contributed by atoms with van der Waals surface area (Å²) in [6.45, 7) is 0.0291. The number of hydrogen-bond donors (Lipinski definition) is 6. The van der Waals surface area contributed by atoms with Gasteiger partial charge >= 0.3 is 6.18 Å². The standard InChI is InChI=1S/C41H38F3N11O10/c42-41(43,44)21-49-30-18-23(10-11-47-30)38-51-28(20-65-38)36(59)50-27-19-54(53-33(27)34(45)57)24-6-4-22(5-7-24)35(58)48-13-15-64-17-16-63-14-12-46-26-3-1-2-25-32(26)40(62)55(39(25)61)29-8-9-31(56)52-37(29)60/h1-7,10-11,18-20,29,46H,8-9,12-17,21H2,(H2,45,57)(H,47,49)(H,48,58)(H,50,59)(H,52,56,60). The molecule has 7 N–H and O–H groups in total. The number of carbonyl (C=O) groups is 7. The van der Waals surface area contributed by atoms with Gasteiger partial charge in [-0.05, 0) is 55.0 Å². The molecule has 24 heteroatoms. The Balaban J connectivity index is 0.819. The molecule has 0 radical (unpaired) electrons. The van der Waals surface area contributed by atoms with Crippen molar-refractivity contribution in [2.75, 3.05) is 62.0 Å². The van der Waals surface area contributed by atoms with Crippen molar-refractivity contribution in [3.8, 4) is 17.1 Å². The Hall–Kier alpha value is -7.99. The van der Waals surface area contributed by atoms with Gasteiger partial charge in [-0.15, -0.1) is 0 Å². The predicted molar refractivity (Wildman–Crippen MR) is 220 cm³/mol. The van der Waals surface area contributed by atoms with Gasteiger partial charge in [0.05, 0.1) is 55.1 Å². The minimum Gasteiger partial charge on any atom is -0.444 e. The van der Waals surface area contributed by atoms with Gasteiger partial charge in [-0.2, -0.15) is 18.3 Å². The number of imide groups is 2. The van der Waals surface area contributed by atoms with Crippen molar-refractivity contribution in [1.29, 1.82) is 0 Å². The van der Waals surface area contributed by atoms with Gasteiger partial charge in [-0.3, -0.25) is 43.8 Å². The molecule has 1 unspecified atom stereocenters. The highest BCUT2D eigenvalue weighted by Crippen LogP contribution is 2.32. The van der Waals surface area contributed by atoms with Crippen LogP contribution in [0.3, 0.4) is 0 Å². The summed E-state index contributed by atoms with van der Waals surface area (Å²) in [5, 5.41) is 16.8. The monoisotopic (exact) mass is 901 g/mol. The molecular weight excluding hydrogens is 864 g/mol. The molecule has 5 aromatic rings. The van der Waals surface area contributed by atoms with Crippen LogP contribution in [0.2, 0.25) is 0 Å². The van der Waals surface area contributed by atoms with Crippen molar-refractivity contribution >= 4 is 58.5 Å². The van der Waals surface area contributed by atoms with Gasteiger partial charge in [-0.1, -0.05) is 6.07 Å². The number of fused-ring (bicyclic) bond motifs is 1. The fourth-order valence-electron chi connectivity index (χ4n) is 6.67. The highest BCUT2D eigenvalue weighted by Gasteiger charge is 2.45. The molecule has 2 aromatic carbocycles. The maximum absolute atomic E-state index is 13.2. The van der Waals surface area contributed by atoms with Crippen LogP contribution < -0.4 is 32.3 Å². The smallest absolute Gasteiger partial charge is 0.405 e. The summed E-state index contributed by atoms with van der Waals surface area (Å²) < 4.78 is 55.6. The molecule has 0 saturated carbocycles. The lowest BCUT2D eigenvalue weighted by molar-refractivity contribution is -0.136. The van der Waals surface area contributed by atoms with Crippen LogP contribution in [-0.2, 0) is 19.1 Å². The number of benzene rings is 2. The molecule has 1 fully saturated rings. The molecule has 338 valence electrons. The lowest BCUT2D eigenvalue weighted by Crippen LogP contribution is -2.54. The van der Waals surface area contributed by atoms with Crippen LogP contribution >= 0.6 is 0 Å². The molecule has 21 nitrogen and oxygen atoms in total. The number of anilines is 3. The Morgan fingerprint density at radius 2 is 1.66 bits per heavy atom. The third-order valence-corrected chi connectivity index (χ3v) is 9.74. The number of pyridine rings is 1. The molecule has 0 spiro atoms. The first-order valence-corrected chi connectivity index (χ1v) is 19.7. The zero-order chi connectivity index (χ0) is 46.3. The zero-order valence-electron chi connectivity index (χ0n) is 33.9. The molecule has 2 aliphatic heterocycles. The molecule has 7 rings (SSSR count). The average Bonchev–Trinajstić information content (AvgIpc) is 4.01. The van der Waals surface area contributed by atoms with Gasteiger partial charge in [0, 0.05) is 42.5 Å². The number of carbonyl (C=O) groups excluding carboxylic acids is 7. The fourth-order valence-corrected chi connectivity index (χ4v) is 6.67. The number of alkyl halides is 3. The number of oxazole rings is 1. The molecule has 65 heavy (non-hydrogen) atoms. The lowest BCUT2D eigenvalue weighted by Gasteiger charge is -2.27. The van der Waals surface area contributed by atoms with E-state index >= 15 is 0 Å². The van der Waals surface area contributed by atoms with E-state index in [9.17, 15) is 46.7 Å². The van der Waals surface area contributed by atoms with E-state index in [4.69, 9.17) is 19.6 Å². The summed E-state index contributed by atoms with van der Waals surface area (Å²) in [6, 6.07) is 12.5. The zero-order valence-corrected chi connectivity index (χ0v) is 33.9. The SMILES string of the molecule is NC(=O)c1nn(-c2ccc(C(=O)NCCOCCOCCNc3cccc4c3C(=O)N(C3CCC(=O)NC3=O)C4=O)cc2)cc1NC(=O)c1coc(-c2ccnc(NCC(F)(F)F)c2)n1. The number of rotatable bonds is 19. The van der Waals surface area contributed by atoms with Crippen LogP contribution in [0.4, 0.5) is 30.4 Å². The van der Waals surface area contributed by atoms with Crippen LogP contribution in [-0.4, -0.2) is 124 Å². The van der Waals surface area contributed by atoms with E-state index < -0.39 is 60.1 Å². The van der Waals surface area contributed by atoms with Gasteiger partial charge in [0.25, 0.3) is 29.5 Å². The second-order valence-corrected chi connectivity index (χ2v) is 14.2. The number of nitrogens with one attached hydrogen (secondary N) is 5. The molecule has 0 bridgehead atoms. The third kappa shape index (κ3) is 10.8. The number of nitrogens with two attached hydrogens (primary N) is 1. The van der Waals surface area contributed by atoms with Crippen molar-refractivity contribution in [3.63, 3.8) is 0 Å². The van der Waals surface area contributed by atoms with Gasteiger partial charge in [0.1, 0.15) is 24.7 Å². The molecule has 2 aliphatic rings. The van der Waals surface area contributed by atoms with Crippen LogP contribution in [0.25, 0.3) is 17.1 Å². The summed E-state index contributed by atoms with van der Waals surface area (Å²) in [7, 11) is 0. The number of nitrogens with zero attached hydrogens (tertiary/aromatic N) is 5. The van der Waals surface area contributed by atoms with E-state index in [1.54, 1.807) is 24.3 Å². The molecule has 5 heterocycles. The van der Waals surface area contributed by atoms with E-state index in [0.29, 0.717) is 16.9 Å². The van der Waals surface area contributed by atoms with E-state index in [-0.39, 0.29) is 97.8 Å². The molecule has 1 atom stereocenters. The Labute approximate surface area is 365 Å². The quantitative estimate of drug-likeness (QED) is 0.0513. The van der Waals surface area contributed by atoms with Crippen molar-refractivity contribution in [2.45, 2.75) is 25.1 Å². The van der Waals surface area contributed by atoms with Crippen LogP contribution in [0.15, 0.2) is 77.7 Å². The van der Waals surface area contributed by atoms with Crippen molar-refractivity contribution in [2.24, 2.45) is 5.73 Å². The largest absolute Gasteiger partial charge is 0.444 e. The topological polar surface area (TPSA) is 284 Å². The Morgan fingerprint density at radius 3 is 2.38 bits per heavy atom. The number of halogens is 3. The number of amides is 7. The Kier molecular flexibility index (Phi) is 13.6. The van der Waals surface area contributed by atoms with Crippen LogP contribution in [0, 0.1) is 0 Å². The summed E-state index contributed by atoms with van der Waals surface area (Å²) in [6.07, 6.45) is -0.805. The molecule has 1 saturated heterocycles. The van der Waals surface area contributed by atoms with Gasteiger partial charge in [0.2, 0.25) is 17.7 Å². The minimum absolute atomic E-state index is 0.0206. The number of hydrogen-bond acceptors (Lipinski definition) is 15. The minimum atomic E-state index is -4.47. The molecule has 0 aliphatic carbocycles. The van der Waals surface area contributed by atoms with Crippen molar-refractivity contribution in [3.05, 3.63) is 101 Å². The summed E-state index contributed by atoms with van der Waals surface area (Å²) >= 11 is 0. The Morgan fingerprint density at radius 1 is 0.908 bits per heavy atom. The fraction of sp³-hybridized carbons (Fsp3) is 0.268. The van der Waals surface area contributed by atoms with Crippen LogP contribution in [0.5, 0.6) is 0 Å². The second-order valence-electron chi connectivity index (χ2n) is 14.2. The first-order chi connectivity index (χ1) is 31.2. The molecular formula is C41H38F3N11O10. The molecule has 3 aromatic heterocycles. The van der Waals surface area contributed by atoms with E-state index in [2.05, 4.69) is 41.7 Å². The second kappa shape index (κ2) is 19.6. The van der Waals surface area contributed by atoms with E-state index in [1.807, 2.05) is 0 Å². The first-order valence-electron chi connectivity index (χ1n) is 19.7. The first kappa shape index (κ1) is 45.0. The lowest BCUT2D eigenvalue weighted by atomic mass is 10.0. The summed E-state index contributed by atoms with van der Waals surface area (Å²) in [4.78, 5) is 97.0. The number of aromatic nitrogens is 4. The van der Waals surface area contributed by atoms with Gasteiger partial charge in [-0.25, -0.2) is 14.6 Å². The highest BCUT2D eigenvalue weighted by molar-refractivity contribution is 6.25. The number of ether oxygens (including phenoxy) is 2. The number of piperidine rings is 1. The van der Waals surface area contributed by atoms with Crippen LogP contribution in [0.1, 0.15) is 64.9 Å². The predicted octanol–water partition coefficient (Wildman–Crippen LogP) is 2.52. The number of primary amides is 1. The highest BCUT2D eigenvalue weighted by atomic mass is 19.4. The van der Waals surface area contributed by atoms with E-state index in [1.165, 1.54) is 47.4 Å². The van der Waals surface area contributed by atoms with Crippen molar-refractivity contribution in [1.82, 2.24) is 35.3 Å². The van der Waals surface area contributed by atoms with Gasteiger partial charge in [0.15, 0.2) is 11.4 Å². The summed E-state index contributed by atoms with van der Waals surface area (Å²) in [5.41, 5.74) is 6.61. The van der Waals surface area contributed by atoms with E-state index in [0.717, 1.165) is 11.2 Å². The maximum atomic E-state index is 13.2. The Bertz CT molecular complexity index is 2650. The van der Waals surface area contributed by atoms with Gasteiger partial charge < -0.3 is 40.9 Å². The normalized spacial score (nSPS) is 14.8. The maximum Gasteiger partial charge on any atom is 0.405 e. The summed E-state index contributed by atoms with van der Waals surface area (Å²) in [5.74, 6) is -4.69. The van der Waals surface area contributed by atoms with Crippen molar-refractivity contribution < 1.29 is 60.6 Å².